The molecule has 0 unspecified atom stereocenters. The molecule has 112 valence electrons. The van der Waals surface area contributed by atoms with Gasteiger partial charge in [0.1, 0.15) is 18.2 Å². The number of nitrogen functional groups attached to an aromatic ring is 1. The molecule has 2 aromatic rings. The van der Waals surface area contributed by atoms with Crippen LogP contribution in [0.5, 0.6) is 0 Å². The maximum absolute atomic E-state index is 5.45. The number of rotatable bonds is 6. The highest BCUT2D eigenvalue weighted by atomic mass is 79.9. The first-order valence-corrected chi connectivity index (χ1v) is 7.20. The first-order chi connectivity index (χ1) is 10.1. The largest absolute Gasteiger partial charge is 0.377 e. The zero-order chi connectivity index (χ0) is 15.2. The van der Waals surface area contributed by atoms with Crippen LogP contribution >= 0.6 is 15.9 Å². The molecular formula is C14H18BrN5O. The van der Waals surface area contributed by atoms with Crippen molar-refractivity contribution in [2.24, 2.45) is 5.84 Å². The highest BCUT2D eigenvalue weighted by Crippen LogP contribution is 2.18. The van der Waals surface area contributed by atoms with Crippen molar-refractivity contribution in [1.82, 2.24) is 9.97 Å². The summed E-state index contributed by atoms with van der Waals surface area (Å²) in [5.41, 5.74) is 3.74. The van der Waals surface area contributed by atoms with E-state index < -0.39 is 0 Å². The lowest BCUT2D eigenvalue weighted by Gasteiger charge is -2.19. The van der Waals surface area contributed by atoms with Gasteiger partial charge in [-0.05, 0) is 17.7 Å². The molecule has 2 rings (SSSR count). The van der Waals surface area contributed by atoms with E-state index in [1.165, 1.54) is 5.56 Å². The molecule has 7 heteroatoms. The molecule has 0 aliphatic carbocycles. The number of nitrogens with one attached hydrogen (secondary N) is 1. The summed E-state index contributed by atoms with van der Waals surface area (Å²) in [7, 11) is 3.58. The lowest BCUT2D eigenvalue weighted by molar-refractivity contribution is 0.178. The molecule has 1 aromatic heterocycles. The Labute approximate surface area is 132 Å². The minimum absolute atomic E-state index is 0.342. The fraction of sp³-hybridized carbons (Fsp3) is 0.286. The Morgan fingerprint density at radius 2 is 2.00 bits per heavy atom. The topological polar surface area (TPSA) is 76.3 Å². The fourth-order valence-electron chi connectivity index (χ4n) is 1.89. The van der Waals surface area contributed by atoms with E-state index in [1.54, 1.807) is 13.2 Å². The van der Waals surface area contributed by atoms with Crippen LogP contribution in [0.2, 0.25) is 0 Å². The summed E-state index contributed by atoms with van der Waals surface area (Å²) in [5.74, 6) is 7.39. The Morgan fingerprint density at radius 3 is 2.62 bits per heavy atom. The summed E-state index contributed by atoms with van der Waals surface area (Å²) in [6.07, 6.45) is 0. The number of benzene rings is 1. The smallest absolute Gasteiger partial charge is 0.158 e. The van der Waals surface area contributed by atoms with Gasteiger partial charge in [0, 0.05) is 31.2 Å². The Morgan fingerprint density at radius 1 is 1.29 bits per heavy atom. The summed E-state index contributed by atoms with van der Waals surface area (Å²) in [4.78, 5) is 10.7. The molecule has 0 spiro atoms. The molecule has 1 heterocycles. The number of halogens is 1. The summed E-state index contributed by atoms with van der Waals surface area (Å²) >= 11 is 3.43. The van der Waals surface area contributed by atoms with Crippen LogP contribution in [0.4, 0.5) is 11.6 Å². The van der Waals surface area contributed by atoms with E-state index in [1.807, 2.05) is 24.1 Å². The van der Waals surface area contributed by atoms with Gasteiger partial charge in [-0.3, -0.25) is 0 Å². The van der Waals surface area contributed by atoms with Gasteiger partial charge in [0.25, 0.3) is 0 Å². The highest BCUT2D eigenvalue weighted by Gasteiger charge is 2.09. The van der Waals surface area contributed by atoms with E-state index in [-0.39, 0.29) is 0 Å². The molecule has 1 aromatic carbocycles. The summed E-state index contributed by atoms with van der Waals surface area (Å²) in [6, 6.07) is 9.98. The Balaban J connectivity index is 2.19. The maximum atomic E-state index is 5.45. The van der Waals surface area contributed by atoms with E-state index in [0.29, 0.717) is 18.2 Å². The zero-order valence-electron chi connectivity index (χ0n) is 12.0. The third-order valence-corrected chi connectivity index (χ3v) is 3.43. The molecule has 0 atom stereocenters. The van der Waals surface area contributed by atoms with Crippen molar-refractivity contribution in [2.75, 3.05) is 24.5 Å². The fourth-order valence-corrected chi connectivity index (χ4v) is 2.16. The van der Waals surface area contributed by atoms with Gasteiger partial charge in [0.15, 0.2) is 5.82 Å². The van der Waals surface area contributed by atoms with Crippen LogP contribution in [0, 0.1) is 0 Å². The van der Waals surface area contributed by atoms with E-state index in [9.17, 15) is 0 Å². The van der Waals surface area contributed by atoms with Crippen molar-refractivity contribution in [3.63, 3.8) is 0 Å². The normalized spacial score (nSPS) is 10.5. The van der Waals surface area contributed by atoms with Gasteiger partial charge in [0.2, 0.25) is 0 Å². The van der Waals surface area contributed by atoms with Crippen LogP contribution in [0.3, 0.4) is 0 Å². The van der Waals surface area contributed by atoms with Crippen molar-refractivity contribution < 1.29 is 4.74 Å². The second-order valence-corrected chi connectivity index (χ2v) is 5.50. The number of methoxy groups -OCH3 is 1. The third-order valence-electron chi connectivity index (χ3n) is 2.90. The second kappa shape index (κ2) is 7.35. The number of anilines is 2. The van der Waals surface area contributed by atoms with Crippen LogP contribution in [0.15, 0.2) is 34.8 Å². The van der Waals surface area contributed by atoms with Crippen LogP contribution < -0.4 is 16.2 Å². The number of aromatic nitrogens is 2. The van der Waals surface area contributed by atoms with Gasteiger partial charge < -0.3 is 15.1 Å². The summed E-state index contributed by atoms with van der Waals surface area (Å²) < 4.78 is 6.14. The van der Waals surface area contributed by atoms with E-state index in [2.05, 4.69) is 43.5 Å². The number of ether oxygens (including phenoxy) is 1. The standard InChI is InChI=1S/C14H18BrN5O/c1-20(8-10-3-5-11(15)6-4-10)14-7-12(19-16)17-13(18-14)9-21-2/h3-7H,8-9,16H2,1-2H3,(H,17,18,19). The van der Waals surface area contributed by atoms with Gasteiger partial charge in [-0.2, -0.15) is 0 Å². The lowest BCUT2D eigenvalue weighted by atomic mass is 10.2. The first kappa shape index (κ1) is 15.7. The molecule has 21 heavy (non-hydrogen) atoms. The molecule has 0 amide bonds. The van der Waals surface area contributed by atoms with Gasteiger partial charge in [-0.1, -0.05) is 28.1 Å². The van der Waals surface area contributed by atoms with Crippen LogP contribution in [0.1, 0.15) is 11.4 Å². The van der Waals surface area contributed by atoms with Gasteiger partial charge in [0.05, 0.1) is 0 Å². The molecule has 0 saturated carbocycles. The molecule has 0 radical (unpaired) electrons. The summed E-state index contributed by atoms with van der Waals surface area (Å²) in [5, 5.41) is 0. The van der Waals surface area contributed by atoms with Crippen LogP contribution in [0.25, 0.3) is 0 Å². The summed E-state index contributed by atoms with van der Waals surface area (Å²) in [6.45, 7) is 1.08. The third kappa shape index (κ3) is 4.38. The molecule has 6 nitrogen and oxygen atoms in total. The Hall–Kier alpha value is -1.70. The van der Waals surface area contributed by atoms with Crippen molar-refractivity contribution >= 4 is 27.6 Å². The SMILES string of the molecule is COCc1nc(NN)cc(N(C)Cc2ccc(Br)cc2)n1. The number of nitrogens with zero attached hydrogens (tertiary/aromatic N) is 3. The number of hydrogen-bond acceptors (Lipinski definition) is 6. The van der Waals surface area contributed by atoms with Gasteiger partial charge in [-0.25, -0.2) is 15.8 Å². The van der Waals surface area contributed by atoms with E-state index in [0.717, 1.165) is 16.8 Å². The molecule has 0 saturated heterocycles. The molecule has 0 aliphatic rings. The van der Waals surface area contributed by atoms with E-state index >= 15 is 0 Å². The number of nitrogens with two attached hydrogens (primary N) is 1. The first-order valence-electron chi connectivity index (χ1n) is 6.41. The molecule has 0 fully saturated rings. The van der Waals surface area contributed by atoms with Crippen molar-refractivity contribution in [3.8, 4) is 0 Å². The quantitative estimate of drug-likeness (QED) is 0.614. The Kier molecular flexibility index (Phi) is 5.49. The molecule has 0 bridgehead atoms. The number of hydrazine groups is 1. The monoisotopic (exact) mass is 351 g/mol. The lowest BCUT2D eigenvalue weighted by Crippen LogP contribution is -2.20. The maximum Gasteiger partial charge on any atom is 0.158 e. The molecular weight excluding hydrogens is 334 g/mol. The predicted molar refractivity (Wildman–Crippen MR) is 86.8 cm³/mol. The Bertz CT molecular complexity index is 590. The van der Waals surface area contributed by atoms with Crippen molar-refractivity contribution in [1.29, 1.82) is 0 Å². The average molecular weight is 352 g/mol. The minimum atomic E-state index is 0.342. The predicted octanol–water partition coefficient (Wildman–Crippen LogP) is 2.31. The van der Waals surface area contributed by atoms with Crippen LogP contribution in [-0.4, -0.2) is 24.1 Å². The van der Waals surface area contributed by atoms with Gasteiger partial charge in [-0.15, -0.1) is 0 Å². The highest BCUT2D eigenvalue weighted by molar-refractivity contribution is 9.10. The average Bonchev–Trinajstić information content (AvgIpc) is 2.49. The minimum Gasteiger partial charge on any atom is -0.377 e. The van der Waals surface area contributed by atoms with Crippen molar-refractivity contribution in [2.45, 2.75) is 13.2 Å². The van der Waals surface area contributed by atoms with Crippen LogP contribution in [-0.2, 0) is 17.9 Å². The van der Waals surface area contributed by atoms with Crippen molar-refractivity contribution in [3.05, 3.63) is 46.2 Å². The molecule has 0 aliphatic heterocycles. The van der Waals surface area contributed by atoms with E-state index in [4.69, 9.17) is 10.6 Å². The number of hydrogen-bond donors (Lipinski definition) is 2. The zero-order valence-corrected chi connectivity index (χ0v) is 13.6. The van der Waals surface area contributed by atoms with Gasteiger partial charge >= 0.3 is 0 Å². The molecule has 3 N–H and O–H groups in total. The second-order valence-electron chi connectivity index (χ2n) is 4.59.